The van der Waals surface area contributed by atoms with E-state index in [-0.39, 0.29) is 17.1 Å². The van der Waals surface area contributed by atoms with Crippen LogP contribution in [0.15, 0.2) is 36.4 Å². The highest BCUT2D eigenvalue weighted by Crippen LogP contribution is 2.55. The number of fused-ring (bicyclic) bond motifs is 1. The zero-order valence-corrected chi connectivity index (χ0v) is 19.4. The molecule has 2 aromatic rings. The van der Waals surface area contributed by atoms with Crippen molar-refractivity contribution in [3.05, 3.63) is 47.5 Å². The third-order valence-corrected chi connectivity index (χ3v) is 7.88. The summed E-state index contributed by atoms with van der Waals surface area (Å²) in [5.41, 5.74) is 4.65. The summed E-state index contributed by atoms with van der Waals surface area (Å²) in [5.74, 6) is 0.934. The summed E-state index contributed by atoms with van der Waals surface area (Å²) in [6.07, 6.45) is 7.30. The Morgan fingerprint density at radius 1 is 1.09 bits per heavy atom. The first-order valence-electron chi connectivity index (χ1n) is 12.1. The number of carbonyl (C=O) groups excluding carboxylic acids is 1. The van der Waals surface area contributed by atoms with Crippen molar-refractivity contribution in [3.8, 4) is 5.75 Å². The van der Waals surface area contributed by atoms with Crippen molar-refractivity contribution < 1.29 is 9.90 Å². The van der Waals surface area contributed by atoms with E-state index < -0.39 is 5.41 Å². The van der Waals surface area contributed by atoms with Crippen LogP contribution in [0.5, 0.6) is 5.75 Å². The Labute approximate surface area is 191 Å². The molecule has 0 spiro atoms. The zero-order chi connectivity index (χ0) is 22.5. The molecule has 0 radical (unpaired) electrons. The lowest BCUT2D eigenvalue weighted by Gasteiger charge is -2.56. The minimum Gasteiger partial charge on any atom is -0.506 e. The van der Waals surface area contributed by atoms with Crippen molar-refractivity contribution in [2.75, 3.05) is 17.2 Å². The molecule has 2 bridgehead atoms. The average Bonchev–Trinajstić information content (AvgIpc) is 2.76. The predicted octanol–water partition coefficient (Wildman–Crippen LogP) is 5.47. The minimum atomic E-state index is -0.484. The molecule has 0 unspecified atom stereocenters. The van der Waals surface area contributed by atoms with Crippen LogP contribution in [0.1, 0.15) is 64.0 Å². The first kappa shape index (κ1) is 21.3. The van der Waals surface area contributed by atoms with Crippen LogP contribution in [0.3, 0.4) is 0 Å². The standard InChI is InChI=1S/C27H35N3O2/c1-26(2,3)25(32)30-21-10-5-4-9-20(21)29-23-15-17-14-22-18-8-6-7-11-27(18,12-13-28-22)19(17)16-24(23)31/h4-5,9-10,15-16,18,22,28-29,31H,6-8,11-14H2,1-3H3,(H,30,32)/t18-,22+,27+/m1/s1. The fourth-order valence-corrected chi connectivity index (χ4v) is 6.23. The highest BCUT2D eigenvalue weighted by atomic mass is 16.3. The number of nitrogens with one attached hydrogen (secondary N) is 3. The van der Waals surface area contributed by atoms with E-state index in [1.807, 2.05) is 51.1 Å². The van der Waals surface area contributed by atoms with Gasteiger partial charge in [0.1, 0.15) is 5.75 Å². The molecule has 170 valence electrons. The topological polar surface area (TPSA) is 73.4 Å². The van der Waals surface area contributed by atoms with Crippen molar-refractivity contribution >= 4 is 23.0 Å². The van der Waals surface area contributed by atoms with Crippen LogP contribution >= 0.6 is 0 Å². The Morgan fingerprint density at radius 3 is 2.66 bits per heavy atom. The summed E-state index contributed by atoms with van der Waals surface area (Å²) in [4.78, 5) is 12.5. The summed E-state index contributed by atoms with van der Waals surface area (Å²) in [6, 6.07) is 12.4. The van der Waals surface area contributed by atoms with Gasteiger partial charge >= 0.3 is 0 Å². The summed E-state index contributed by atoms with van der Waals surface area (Å²) in [7, 11) is 0. The third kappa shape index (κ3) is 3.57. The first-order chi connectivity index (χ1) is 15.3. The molecule has 5 nitrogen and oxygen atoms in total. The Morgan fingerprint density at radius 2 is 1.88 bits per heavy atom. The molecule has 1 heterocycles. The van der Waals surface area contributed by atoms with Crippen LogP contribution in [-0.2, 0) is 16.6 Å². The molecule has 1 saturated heterocycles. The van der Waals surface area contributed by atoms with E-state index in [1.165, 1.54) is 36.8 Å². The minimum absolute atomic E-state index is 0.0391. The lowest BCUT2D eigenvalue weighted by atomic mass is 9.53. The van der Waals surface area contributed by atoms with Crippen LogP contribution in [0.25, 0.3) is 0 Å². The Balaban J connectivity index is 1.48. The second-order valence-corrected chi connectivity index (χ2v) is 10.9. The fourth-order valence-electron chi connectivity index (χ4n) is 6.23. The van der Waals surface area contributed by atoms with Crippen molar-refractivity contribution in [1.82, 2.24) is 5.32 Å². The number of phenolic OH excluding ortho intramolecular Hbond substituents is 1. The molecule has 2 fully saturated rings. The average molecular weight is 434 g/mol. The van der Waals surface area contributed by atoms with Gasteiger partial charge in [0.25, 0.3) is 0 Å². The molecule has 1 saturated carbocycles. The van der Waals surface area contributed by atoms with Crippen molar-refractivity contribution in [2.24, 2.45) is 11.3 Å². The van der Waals surface area contributed by atoms with Gasteiger partial charge < -0.3 is 21.1 Å². The maximum absolute atomic E-state index is 12.5. The molecular weight excluding hydrogens is 398 g/mol. The number of amides is 1. The molecule has 3 aliphatic rings. The number of aromatic hydroxyl groups is 1. The van der Waals surface area contributed by atoms with Crippen LogP contribution in [0.4, 0.5) is 17.1 Å². The smallest absolute Gasteiger partial charge is 0.229 e. The number of para-hydroxylation sites is 2. The summed E-state index contributed by atoms with van der Waals surface area (Å²) in [5, 5.41) is 21.3. The molecule has 0 aromatic heterocycles. The van der Waals surface area contributed by atoms with Gasteiger partial charge in [-0.25, -0.2) is 0 Å². The number of rotatable bonds is 3. The molecular formula is C27H35N3O2. The van der Waals surface area contributed by atoms with Gasteiger partial charge in [0.05, 0.1) is 17.1 Å². The number of anilines is 3. The van der Waals surface area contributed by atoms with Crippen molar-refractivity contribution in [2.45, 2.75) is 70.8 Å². The predicted molar refractivity (Wildman–Crippen MR) is 130 cm³/mol. The molecule has 1 aliphatic heterocycles. The number of piperidine rings is 1. The number of hydrogen-bond donors (Lipinski definition) is 4. The van der Waals surface area contributed by atoms with E-state index in [2.05, 4.69) is 22.0 Å². The quantitative estimate of drug-likeness (QED) is 0.485. The van der Waals surface area contributed by atoms with Crippen LogP contribution in [0, 0.1) is 11.3 Å². The molecule has 1 amide bonds. The highest BCUT2D eigenvalue weighted by molar-refractivity contribution is 5.98. The lowest BCUT2D eigenvalue weighted by Crippen LogP contribution is -2.59. The van der Waals surface area contributed by atoms with E-state index in [9.17, 15) is 9.90 Å². The zero-order valence-electron chi connectivity index (χ0n) is 19.4. The van der Waals surface area contributed by atoms with Gasteiger partial charge in [0, 0.05) is 16.9 Å². The van der Waals surface area contributed by atoms with E-state index in [1.54, 1.807) is 0 Å². The normalized spacial score (nSPS) is 26.6. The highest BCUT2D eigenvalue weighted by Gasteiger charge is 2.51. The van der Waals surface area contributed by atoms with Crippen molar-refractivity contribution in [1.29, 1.82) is 0 Å². The maximum atomic E-state index is 12.5. The summed E-state index contributed by atoms with van der Waals surface area (Å²) >= 11 is 0. The monoisotopic (exact) mass is 433 g/mol. The Hall–Kier alpha value is -2.53. The molecule has 5 heteroatoms. The molecule has 32 heavy (non-hydrogen) atoms. The van der Waals surface area contributed by atoms with Crippen LogP contribution in [0.2, 0.25) is 0 Å². The van der Waals surface area contributed by atoms with Crippen molar-refractivity contribution in [3.63, 3.8) is 0 Å². The van der Waals surface area contributed by atoms with E-state index >= 15 is 0 Å². The second-order valence-electron chi connectivity index (χ2n) is 10.9. The number of carbonyl (C=O) groups is 1. The van der Waals surface area contributed by atoms with Gasteiger partial charge in [0.2, 0.25) is 5.91 Å². The first-order valence-corrected chi connectivity index (χ1v) is 12.1. The van der Waals surface area contributed by atoms with Gasteiger partial charge in [-0.3, -0.25) is 4.79 Å². The summed E-state index contributed by atoms with van der Waals surface area (Å²) < 4.78 is 0. The molecule has 5 rings (SSSR count). The number of benzene rings is 2. The fraction of sp³-hybridized carbons (Fsp3) is 0.519. The van der Waals surface area contributed by atoms with Gasteiger partial charge in [-0.15, -0.1) is 0 Å². The van der Waals surface area contributed by atoms with E-state index in [0.717, 1.165) is 25.1 Å². The van der Waals surface area contributed by atoms with Gasteiger partial charge in [-0.05, 0) is 73.5 Å². The number of hydrogen-bond acceptors (Lipinski definition) is 4. The largest absolute Gasteiger partial charge is 0.506 e. The Bertz CT molecular complexity index is 1040. The molecule has 4 N–H and O–H groups in total. The van der Waals surface area contributed by atoms with Crippen LogP contribution < -0.4 is 16.0 Å². The maximum Gasteiger partial charge on any atom is 0.229 e. The SMILES string of the molecule is CC(C)(C)C(=O)Nc1ccccc1Nc1cc2c(cc1O)[C@]13CCCC[C@@H]1[C@H](C2)NCC3. The lowest BCUT2D eigenvalue weighted by molar-refractivity contribution is -0.123. The number of phenols is 1. The van der Waals surface area contributed by atoms with E-state index in [4.69, 9.17) is 0 Å². The molecule has 2 aliphatic carbocycles. The van der Waals surface area contributed by atoms with E-state index in [0.29, 0.717) is 23.3 Å². The van der Waals surface area contributed by atoms with Crippen LogP contribution in [-0.4, -0.2) is 23.6 Å². The van der Waals surface area contributed by atoms with Gasteiger partial charge in [-0.2, -0.15) is 0 Å². The molecule has 2 aromatic carbocycles. The summed E-state index contributed by atoms with van der Waals surface area (Å²) in [6.45, 7) is 6.77. The molecule has 3 atom stereocenters. The second kappa shape index (κ2) is 7.80. The van der Waals surface area contributed by atoms with Gasteiger partial charge in [-0.1, -0.05) is 45.7 Å². The third-order valence-electron chi connectivity index (χ3n) is 7.88. The van der Waals surface area contributed by atoms with Gasteiger partial charge in [0.15, 0.2) is 0 Å². The Kier molecular flexibility index (Phi) is 5.20.